The highest BCUT2D eigenvalue weighted by Crippen LogP contribution is 2.26. The number of esters is 1. The second kappa shape index (κ2) is 12.6. The van der Waals surface area contributed by atoms with Crippen LogP contribution < -0.4 is 15.4 Å². The fourth-order valence-corrected chi connectivity index (χ4v) is 2.58. The summed E-state index contributed by atoms with van der Waals surface area (Å²) in [6.45, 7) is 4.00. The Kier molecular flexibility index (Phi) is 10.5. The molecule has 0 saturated heterocycles. The third-order valence-corrected chi connectivity index (χ3v) is 4.13. The molecule has 9 heteroatoms. The molecular weight excluding hydrogens is 380 g/mol. The number of methoxy groups -OCH3 is 1. The smallest absolute Gasteiger partial charge is 0.328 e. The molecule has 0 radical (unpaired) electrons. The monoisotopic (exact) mass is 410 g/mol. The molecule has 0 aliphatic rings. The van der Waals surface area contributed by atoms with Gasteiger partial charge in [0, 0.05) is 0 Å². The summed E-state index contributed by atoms with van der Waals surface area (Å²) < 4.78 is 10.0. The Labute approximate surface area is 170 Å². The van der Waals surface area contributed by atoms with E-state index in [1.165, 1.54) is 14.0 Å². The predicted molar refractivity (Wildman–Crippen MR) is 106 cm³/mol. The molecule has 29 heavy (non-hydrogen) atoms. The number of phenolic OH excluding ortho intramolecular Hbond substituents is 1. The molecule has 1 aromatic rings. The summed E-state index contributed by atoms with van der Waals surface area (Å²) in [5.74, 6) is -1.82. The van der Waals surface area contributed by atoms with Crippen molar-refractivity contribution in [1.29, 1.82) is 0 Å². The lowest BCUT2D eigenvalue weighted by Gasteiger charge is -2.19. The van der Waals surface area contributed by atoms with Gasteiger partial charge in [0.2, 0.25) is 5.91 Å². The maximum Gasteiger partial charge on any atom is 0.328 e. The molecule has 1 amide bonds. The Morgan fingerprint density at radius 3 is 2.59 bits per heavy atom. The minimum Gasteiger partial charge on any atom is -0.504 e. The predicted octanol–water partition coefficient (Wildman–Crippen LogP) is 1.22. The number of rotatable bonds is 13. The zero-order valence-corrected chi connectivity index (χ0v) is 17.1. The van der Waals surface area contributed by atoms with Crippen molar-refractivity contribution >= 4 is 17.8 Å². The Morgan fingerprint density at radius 2 is 1.97 bits per heavy atom. The summed E-state index contributed by atoms with van der Waals surface area (Å²) >= 11 is 0. The quantitative estimate of drug-likeness (QED) is 0.282. The SMILES string of the molecule is CCCOC(=O)[C@@H](C)NC(=O)[C@H](CC(=O)O)NCCCc1ccc(O)c(OC)c1. The Balaban J connectivity index is 2.55. The highest BCUT2D eigenvalue weighted by molar-refractivity contribution is 5.89. The minimum atomic E-state index is -1.12. The van der Waals surface area contributed by atoms with Gasteiger partial charge < -0.3 is 30.3 Å². The highest BCUT2D eigenvalue weighted by atomic mass is 16.5. The van der Waals surface area contributed by atoms with E-state index in [9.17, 15) is 19.5 Å². The van der Waals surface area contributed by atoms with Gasteiger partial charge in [-0.25, -0.2) is 4.79 Å². The molecule has 0 aromatic heterocycles. The van der Waals surface area contributed by atoms with Gasteiger partial charge in [-0.15, -0.1) is 0 Å². The van der Waals surface area contributed by atoms with Crippen LogP contribution in [0.1, 0.15) is 38.7 Å². The topological polar surface area (TPSA) is 134 Å². The molecule has 9 nitrogen and oxygen atoms in total. The third-order valence-electron chi connectivity index (χ3n) is 4.13. The number of carboxylic acids is 1. The van der Waals surface area contributed by atoms with Crippen LogP contribution in [0.5, 0.6) is 11.5 Å². The van der Waals surface area contributed by atoms with Crippen LogP contribution in [-0.4, -0.2) is 60.4 Å². The average Bonchev–Trinajstić information content (AvgIpc) is 2.68. The van der Waals surface area contributed by atoms with Gasteiger partial charge in [-0.05, 0) is 50.4 Å². The van der Waals surface area contributed by atoms with E-state index >= 15 is 0 Å². The van der Waals surface area contributed by atoms with Crippen LogP contribution in [0.2, 0.25) is 0 Å². The summed E-state index contributed by atoms with van der Waals surface area (Å²) in [4.78, 5) is 35.2. The number of aryl methyl sites for hydroxylation is 1. The lowest BCUT2D eigenvalue weighted by atomic mass is 10.1. The number of hydrogen-bond donors (Lipinski definition) is 4. The number of carboxylic acid groups (broad SMARTS) is 1. The van der Waals surface area contributed by atoms with E-state index in [1.807, 2.05) is 6.92 Å². The van der Waals surface area contributed by atoms with Crippen molar-refractivity contribution in [3.63, 3.8) is 0 Å². The van der Waals surface area contributed by atoms with E-state index in [0.717, 1.165) is 5.56 Å². The Hall–Kier alpha value is -2.81. The van der Waals surface area contributed by atoms with Crippen molar-refractivity contribution in [1.82, 2.24) is 10.6 Å². The molecule has 0 aliphatic heterocycles. The number of aliphatic carboxylic acids is 1. The van der Waals surface area contributed by atoms with Crippen molar-refractivity contribution in [2.24, 2.45) is 0 Å². The van der Waals surface area contributed by atoms with E-state index in [1.54, 1.807) is 18.2 Å². The zero-order valence-electron chi connectivity index (χ0n) is 17.1. The van der Waals surface area contributed by atoms with E-state index in [0.29, 0.717) is 31.6 Å². The molecule has 0 heterocycles. The fraction of sp³-hybridized carbons (Fsp3) is 0.550. The van der Waals surface area contributed by atoms with Gasteiger partial charge in [-0.3, -0.25) is 9.59 Å². The van der Waals surface area contributed by atoms with E-state index in [-0.39, 0.29) is 12.4 Å². The maximum atomic E-state index is 12.4. The zero-order chi connectivity index (χ0) is 21.8. The molecule has 0 unspecified atom stereocenters. The first-order valence-electron chi connectivity index (χ1n) is 9.56. The Morgan fingerprint density at radius 1 is 1.24 bits per heavy atom. The molecule has 0 aliphatic carbocycles. The van der Waals surface area contributed by atoms with Crippen molar-refractivity contribution in [3.8, 4) is 11.5 Å². The van der Waals surface area contributed by atoms with E-state index in [2.05, 4.69) is 10.6 Å². The lowest BCUT2D eigenvalue weighted by molar-refractivity contribution is -0.147. The number of phenols is 1. The number of nitrogens with one attached hydrogen (secondary N) is 2. The highest BCUT2D eigenvalue weighted by Gasteiger charge is 2.25. The molecule has 0 spiro atoms. The van der Waals surface area contributed by atoms with Gasteiger partial charge in [-0.1, -0.05) is 13.0 Å². The molecule has 1 rings (SSSR count). The molecule has 4 N–H and O–H groups in total. The van der Waals surface area contributed by atoms with E-state index < -0.39 is 36.4 Å². The van der Waals surface area contributed by atoms with Crippen molar-refractivity contribution < 1.29 is 34.1 Å². The first-order valence-corrected chi connectivity index (χ1v) is 9.56. The van der Waals surface area contributed by atoms with Crippen molar-refractivity contribution in [3.05, 3.63) is 23.8 Å². The van der Waals surface area contributed by atoms with Gasteiger partial charge >= 0.3 is 11.9 Å². The van der Waals surface area contributed by atoms with Crippen LogP contribution >= 0.6 is 0 Å². The molecular formula is C20H30N2O7. The average molecular weight is 410 g/mol. The fourth-order valence-electron chi connectivity index (χ4n) is 2.58. The largest absolute Gasteiger partial charge is 0.504 e. The molecule has 0 fully saturated rings. The number of amides is 1. The van der Waals surface area contributed by atoms with Gasteiger partial charge in [0.05, 0.1) is 26.2 Å². The van der Waals surface area contributed by atoms with Gasteiger partial charge in [0.25, 0.3) is 0 Å². The molecule has 2 atom stereocenters. The summed E-state index contributed by atoms with van der Waals surface area (Å²) in [6, 6.07) is 3.20. The number of aromatic hydroxyl groups is 1. The van der Waals surface area contributed by atoms with Gasteiger partial charge in [0.1, 0.15) is 6.04 Å². The number of benzene rings is 1. The van der Waals surface area contributed by atoms with Gasteiger partial charge in [0.15, 0.2) is 11.5 Å². The Bertz CT molecular complexity index is 693. The van der Waals surface area contributed by atoms with Crippen LogP contribution in [0.25, 0.3) is 0 Å². The standard InChI is InChI=1S/C20H30N2O7/c1-4-10-29-20(27)13(2)22-19(26)15(12-18(24)25)21-9-5-6-14-7-8-16(23)17(11-14)28-3/h7-8,11,13,15,21,23H,4-6,9-10,12H2,1-3H3,(H,22,26)(H,24,25)/t13-,15+/m1/s1. The lowest BCUT2D eigenvalue weighted by Crippen LogP contribution is -2.50. The number of hydrogen-bond acceptors (Lipinski definition) is 7. The number of carbonyl (C=O) groups excluding carboxylic acids is 2. The second-order valence-corrected chi connectivity index (χ2v) is 6.61. The molecule has 0 saturated carbocycles. The maximum absolute atomic E-state index is 12.4. The first kappa shape index (κ1) is 24.2. The molecule has 162 valence electrons. The summed E-state index contributed by atoms with van der Waals surface area (Å²) in [7, 11) is 1.47. The van der Waals surface area contributed by atoms with Crippen molar-refractivity contribution in [2.75, 3.05) is 20.3 Å². The summed E-state index contributed by atoms with van der Waals surface area (Å²) in [5.41, 5.74) is 0.938. The second-order valence-electron chi connectivity index (χ2n) is 6.61. The molecule has 0 bridgehead atoms. The van der Waals surface area contributed by atoms with Crippen LogP contribution in [0.4, 0.5) is 0 Å². The normalized spacial score (nSPS) is 12.7. The van der Waals surface area contributed by atoms with E-state index in [4.69, 9.17) is 14.6 Å². The van der Waals surface area contributed by atoms with Crippen LogP contribution in [0, 0.1) is 0 Å². The van der Waals surface area contributed by atoms with Crippen molar-refractivity contribution in [2.45, 2.75) is 51.6 Å². The first-order chi connectivity index (χ1) is 13.8. The van der Waals surface area contributed by atoms with Crippen LogP contribution in [0.3, 0.4) is 0 Å². The number of carbonyl (C=O) groups is 3. The molecule has 1 aromatic carbocycles. The number of ether oxygens (including phenoxy) is 2. The minimum absolute atomic E-state index is 0.0548. The van der Waals surface area contributed by atoms with Crippen LogP contribution in [0.15, 0.2) is 18.2 Å². The third kappa shape index (κ3) is 8.82. The summed E-state index contributed by atoms with van der Waals surface area (Å²) in [5, 5.41) is 24.1. The van der Waals surface area contributed by atoms with Gasteiger partial charge in [-0.2, -0.15) is 0 Å². The summed E-state index contributed by atoms with van der Waals surface area (Å²) in [6.07, 6.45) is 1.54. The van der Waals surface area contributed by atoms with Crippen LogP contribution in [-0.2, 0) is 25.5 Å².